The Labute approximate surface area is 158 Å². The van der Waals surface area contributed by atoms with Crippen molar-refractivity contribution in [1.29, 1.82) is 0 Å². The predicted molar refractivity (Wildman–Crippen MR) is 97.5 cm³/mol. The summed E-state index contributed by atoms with van der Waals surface area (Å²) in [6, 6.07) is 4.16. The van der Waals surface area contributed by atoms with E-state index in [2.05, 4.69) is 22.4 Å². The first kappa shape index (κ1) is 20.8. The fraction of sp³-hybridized carbons (Fsp3) is 0.625. The van der Waals surface area contributed by atoms with E-state index in [-0.39, 0.29) is 11.6 Å². The Morgan fingerprint density at radius 3 is 2.85 bits per heavy atom. The van der Waals surface area contributed by atoms with Gasteiger partial charge in [-0.3, -0.25) is 0 Å². The lowest BCUT2D eigenvalue weighted by Gasteiger charge is -2.07. The highest BCUT2D eigenvalue weighted by Crippen LogP contribution is 2.23. The van der Waals surface area contributed by atoms with Crippen molar-refractivity contribution < 1.29 is 22.3 Å². The lowest BCUT2D eigenvalue weighted by Crippen LogP contribution is -2.19. The summed E-state index contributed by atoms with van der Waals surface area (Å²) in [5.74, 6) is 1.09. The zero-order valence-electron chi connectivity index (χ0n) is 14.9. The summed E-state index contributed by atoms with van der Waals surface area (Å²) in [7, 11) is -1.98. The van der Waals surface area contributed by atoms with Crippen LogP contribution in [0.25, 0.3) is 11.6 Å². The van der Waals surface area contributed by atoms with E-state index in [1.165, 1.54) is 17.8 Å². The molecule has 0 saturated carbocycles. The van der Waals surface area contributed by atoms with Gasteiger partial charge in [0.05, 0.1) is 25.6 Å². The Morgan fingerprint density at radius 1 is 1.31 bits per heavy atom. The average molecular weight is 402 g/mol. The number of nitrogens with zero attached hydrogens (tertiary/aromatic N) is 3. The third-order valence-corrected chi connectivity index (χ3v) is 5.95. The molecule has 0 N–H and O–H groups in total. The van der Waals surface area contributed by atoms with Gasteiger partial charge in [-0.25, -0.2) is 8.42 Å². The number of hydrogen-bond acceptors (Lipinski definition) is 8. The molecule has 0 aliphatic heterocycles. The van der Waals surface area contributed by atoms with E-state index >= 15 is 0 Å². The van der Waals surface area contributed by atoms with Gasteiger partial charge >= 0.3 is 0 Å². The van der Waals surface area contributed by atoms with Crippen molar-refractivity contribution in [2.75, 3.05) is 38.4 Å². The highest BCUT2D eigenvalue weighted by atomic mass is 32.2. The number of hydrogen-bond donors (Lipinski definition) is 0. The van der Waals surface area contributed by atoms with Gasteiger partial charge in [-0.15, -0.1) is 9.19 Å². The Balaban J connectivity index is 2.10. The smallest absolute Gasteiger partial charge is 0.256 e. The van der Waals surface area contributed by atoms with Gasteiger partial charge in [-0.1, -0.05) is 31.5 Å². The van der Waals surface area contributed by atoms with Gasteiger partial charge in [-0.05, 0) is 12.5 Å². The van der Waals surface area contributed by atoms with Crippen LogP contribution < -0.4 is 0 Å². The number of rotatable bonds is 13. The number of ether oxygens (including phenoxy) is 2. The molecule has 2 rings (SSSR count). The van der Waals surface area contributed by atoms with Gasteiger partial charge in [0.2, 0.25) is 11.0 Å². The lowest BCUT2D eigenvalue weighted by molar-refractivity contribution is 0.0790. The van der Waals surface area contributed by atoms with Crippen molar-refractivity contribution in [2.45, 2.75) is 31.3 Å². The lowest BCUT2D eigenvalue weighted by atomic mass is 10.3. The van der Waals surface area contributed by atoms with Gasteiger partial charge in [0.1, 0.15) is 6.26 Å². The van der Waals surface area contributed by atoms with E-state index in [0.717, 1.165) is 16.9 Å². The van der Waals surface area contributed by atoms with E-state index in [4.69, 9.17) is 13.9 Å². The molecule has 0 amide bonds. The topological polar surface area (TPSA) is 96.5 Å². The van der Waals surface area contributed by atoms with Crippen LogP contribution in [0.5, 0.6) is 0 Å². The van der Waals surface area contributed by atoms with Gasteiger partial charge < -0.3 is 13.9 Å². The molecule has 0 fully saturated rings. The van der Waals surface area contributed by atoms with Crippen molar-refractivity contribution in [3.8, 4) is 11.6 Å². The maximum atomic E-state index is 12.6. The molecule has 0 aromatic carbocycles. The zero-order chi connectivity index (χ0) is 18.8. The van der Waals surface area contributed by atoms with Crippen LogP contribution in [0.1, 0.15) is 26.2 Å². The van der Waals surface area contributed by atoms with Crippen LogP contribution in [0.15, 0.2) is 15.6 Å². The molecule has 0 atom stereocenters. The average Bonchev–Trinajstić information content (AvgIpc) is 3.27. The molecule has 2 aromatic rings. The van der Waals surface area contributed by atoms with Crippen molar-refractivity contribution in [3.05, 3.63) is 18.4 Å². The van der Waals surface area contributed by atoms with Crippen LogP contribution in [-0.2, 0) is 19.5 Å². The molecule has 8 nitrogen and oxygen atoms in total. The third-order valence-electron chi connectivity index (χ3n) is 3.35. The van der Waals surface area contributed by atoms with E-state index in [0.29, 0.717) is 42.9 Å². The highest BCUT2D eigenvalue weighted by molar-refractivity contribution is 7.99. The molecule has 0 unspecified atom stereocenters. The SMILES string of the molecule is CCCCCS(=O)(=O)n1nc(-c2cc#co2)nc1SCCOCCOC. The first-order valence-corrected chi connectivity index (χ1v) is 11.0. The number of methoxy groups -OCH3 is 1. The van der Waals surface area contributed by atoms with Gasteiger partial charge in [0.15, 0.2) is 5.76 Å². The van der Waals surface area contributed by atoms with Crippen LogP contribution in [0.2, 0.25) is 0 Å². The standard InChI is InChI=1S/C16H23N3O5S2/c1-3-4-5-13-26(20,21)19-16(25-12-11-23-10-9-22-2)17-15(18-19)14-7-6-8-24-14/h7H,3-5,9-13H2,1-2H3. The van der Waals surface area contributed by atoms with Crippen molar-refractivity contribution in [2.24, 2.45) is 0 Å². The van der Waals surface area contributed by atoms with Crippen LogP contribution in [-0.4, -0.2) is 61.0 Å². The second kappa shape index (κ2) is 10.6. The molecule has 0 spiro atoms. The van der Waals surface area contributed by atoms with Crippen LogP contribution >= 0.6 is 11.8 Å². The molecule has 0 bridgehead atoms. The minimum atomic E-state index is -3.59. The molecule has 0 saturated heterocycles. The molecule has 144 valence electrons. The first-order chi connectivity index (χ1) is 12.6. The molecular formula is C16H23N3O5S2. The summed E-state index contributed by atoms with van der Waals surface area (Å²) >= 11 is 1.27. The van der Waals surface area contributed by atoms with E-state index in [1.807, 2.05) is 6.92 Å². The quantitative estimate of drug-likeness (QED) is 0.372. The molecule has 26 heavy (non-hydrogen) atoms. The van der Waals surface area contributed by atoms with Crippen molar-refractivity contribution >= 4 is 21.8 Å². The Morgan fingerprint density at radius 2 is 2.15 bits per heavy atom. The van der Waals surface area contributed by atoms with Crippen molar-refractivity contribution in [3.63, 3.8) is 0 Å². The fourth-order valence-electron chi connectivity index (χ4n) is 2.03. The fourth-order valence-corrected chi connectivity index (χ4v) is 4.44. The first-order valence-electron chi connectivity index (χ1n) is 8.36. The predicted octanol–water partition coefficient (Wildman–Crippen LogP) is 2.26. The Kier molecular flexibility index (Phi) is 8.44. The molecule has 0 aliphatic rings. The van der Waals surface area contributed by atoms with E-state index < -0.39 is 10.0 Å². The second-order valence-corrected chi connectivity index (χ2v) is 8.37. The monoisotopic (exact) mass is 401 g/mol. The molecular weight excluding hydrogens is 378 g/mol. The minimum absolute atomic E-state index is 0.0257. The summed E-state index contributed by atoms with van der Waals surface area (Å²) in [6.45, 7) is 3.48. The van der Waals surface area contributed by atoms with Gasteiger partial charge in [0, 0.05) is 18.9 Å². The normalized spacial score (nSPS) is 11.6. The number of thioether (sulfide) groups is 1. The van der Waals surface area contributed by atoms with Crippen molar-refractivity contribution in [1.82, 2.24) is 14.2 Å². The van der Waals surface area contributed by atoms with Crippen LogP contribution in [0.4, 0.5) is 0 Å². The zero-order valence-corrected chi connectivity index (χ0v) is 16.6. The highest BCUT2D eigenvalue weighted by Gasteiger charge is 2.23. The molecule has 2 heterocycles. The summed E-state index contributed by atoms with van der Waals surface area (Å²) < 4.78 is 41.7. The summed E-state index contributed by atoms with van der Waals surface area (Å²) in [5, 5.41) is 4.43. The van der Waals surface area contributed by atoms with Gasteiger partial charge in [-0.2, -0.15) is 4.98 Å². The molecule has 10 heteroatoms. The molecule has 0 radical (unpaired) electrons. The largest absolute Gasteiger partial charge is 0.402 e. The Hall–Kier alpha value is -1.54. The second-order valence-electron chi connectivity index (χ2n) is 5.39. The maximum Gasteiger partial charge on any atom is 0.256 e. The third kappa shape index (κ3) is 6.02. The maximum absolute atomic E-state index is 12.6. The van der Waals surface area contributed by atoms with Gasteiger partial charge in [0.25, 0.3) is 10.0 Å². The minimum Gasteiger partial charge on any atom is -0.402 e. The van der Waals surface area contributed by atoms with Crippen LogP contribution in [0.3, 0.4) is 0 Å². The molecule has 2 aromatic heterocycles. The summed E-state index contributed by atoms with van der Waals surface area (Å²) in [6.07, 6.45) is 4.80. The van der Waals surface area contributed by atoms with E-state index in [9.17, 15) is 8.42 Å². The number of aromatic nitrogens is 3. The van der Waals surface area contributed by atoms with E-state index in [1.54, 1.807) is 7.11 Å². The van der Waals surface area contributed by atoms with Crippen LogP contribution in [0, 0.1) is 12.3 Å². The summed E-state index contributed by atoms with van der Waals surface area (Å²) in [5.41, 5.74) is 0. The number of unbranched alkanes of at least 4 members (excludes halogenated alkanes) is 2. The Bertz CT molecular complexity index is 744. The summed E-state index contributed by atoms with van der Waals surface area (Å²) in [4.78, 5) is 4.30. The molecule has 0 aliphatic carbocycles.